The molecule has 5 aromatic rings. The summed E-state index contributed by atoms with van der Waals surface area (Å²) in [6.45, 7) is 0.335. The Morgan fingerprint density at radius 3 is 2.45 bits per heavy atom. The summed E-state index contributed by atoms with van der Waals surface area (Å²) in [4.78, 5) is 19.7. The van der Waals surface area contributed by atoms with E-state index in [0.29, 0.717) is 17.4 Å². The van der Waals surface area contributed by atoms with Crippen molar-refractivity contribution < 1.29 is 14.3 Å². The van der Waals surface area contributed by atoms with Crippen molar-refractivity contribution in [3.05, 3.63) is 96.6 Å². The molecule has 0 saturated carbocycles. The van der Waals surface area contributed by atoms with Gasteiger partial charge in [0, 0.05) is 0 Å². The lowest BCUT2D eigenvalue weighted by molar-refractivity contribution is -0.120. The highest BCUT2D eigenvalue weighted by Crippen LogP contribution is 2.32. The summed E-state index contributed by atoms with van der Waals surface area (Å²) in [5.74, 6) is 1.27. The maximum Gasteiger partial charge on any atom is 0.267 e. The van der Waals surface area contributed by atoms with E-state index < -0.39 is 0 Å². The van der Waals surface area contributed by atoms with Crippen LogP contribution in [0.25, 0.3) is 21.0 Å². The SMILES string of the molecule is COc1ccc2nc(N(Cc3ccccc3)C(=O)COc3ccc4ccccc4c3)sc2c1. The molecule has 0 fully saturated rings. The van der Waals surface area contributed by atoms with Gasteiger partial charge >= 0.3 is 0 Å². The molecule has 0 aliphatic carbocycles. The van der Waals surface area contributed by atoms with Crippen LogP contribution in [0.5, 0.6) is 11.5 Å². The summed E-state index contributed by atoms with van der Waals surface area (Å²) < 4.78 is 12.2. The Bertz CT molecular complexity index is 1420. The Morgan fingerprint density at radius 1 is 0.879 bits per heavy atom. The standard InChI is InChI=1S/C27H22N2O3S/c1-31-22-13-14-24-25(16-22)33-27(28-24)29(17-19-7-3-2-4-8-19)26(30)18-32-23-12-11-20-9-5-6-10-21(20)15-23/h2-16H,17-18H2,1H3. The number of benzene rings is 4. The Balaban J connectivity index is 1.41. The van der Waals surface area contributed by atoms with E-state index in [1.54, 1.807) is 12.0 Å². The second kappa shape index (κ2) is 9.30. The first-order valence-corrected chi connectivity index (χ1v) is 11.4. The van der Waals surface area contributed by atoms with Crippen LogP contribution < -0.4 is 14.4 Å². The van der Waals surface area contributed by atoms with E-state index in [2.05, 4.69) is 0 Å². The highest BCUT2D eigenvalue weighted by atomic mass is 32.1. The van der Waals surface area contributed by atoms with Crippen molar-refractivity contribution in [2.45, 2.75) is 6.54 Å². The molecular weight excluding hydrogens is 432 g/mol. The number of hydrogen-bond donors (Lipinski definition) is 0. The number of nitrogens with zero attached hydrogens (tertiary/aromatic N) is 2. The van der Waals surface area contributed by atoms with Gasteiger partial charge < -0.3 is 9.47 Å². The first-order chi connectivity index (χ1) is 16.2. The number of fused-ring (bicyclic) bond motifs is 2. The molecule has 6 heteroatoms. The molecule has 0 saturated heterocycles. The summed E-state index contributed by atoms with van der Waals surface area (Å²) in [5.41, 5.74) is 1.85. The van der Waals surface area contributed by atoms with Gasteiger partial charge in [-0.3, -0.25) is 9.69 Å². The van der Waals surface area contributed by atoms with Crippen LogP contribution in [0.1, 0.15) is 5.56 Å². The second-order valence-corrected chi connectivity index (χ2v) is 8.60. The fourth-order valence-electron chi connectivity index (χ4n) is 3.64. The quantitative estimate of drug-likeness (QED) is 0.299. The zero-order valence-electron chi connectivity index (χ0n) is 18.1. The van der Waals surface area contributed by atoms with Crippen LogP contribution >= 0.6 is 11.3 Å². The third-order valence-corrected chi connectivity index (χ3v) is 6.42. The first kappa shape index (κ1) is 21.0. The van der Waals surface area contributed by atoms with E-state index in [-0.39, 0.29) is 12.5 Å². The molecule has 0 atom stereocenters. The molecule has 0 aliphatic rings. The Kier molecular flexibility index (Phi) is 5.91. The van der Waals surface area contributed by atoms with Gasteiger partial charge in [0.2, 0.25) is 0 Å². The fraction of sp³-hybridized carbons (Fsp3) is 0.111. The fourth-order valence-corrected chi connectivity index (χ4v) is 4.65. The second-order valence-electron chi connectivity index (χ2n) is 7.59. The van der Waals surface area contributed by atoms with Crippen molar-refractivity contribution in [2.24, 2.45) is 0 Å². The van der Waals surface area contributed by atoms with E-state index in [1.165, 1.54) is 11.3 Å². The van der Waals surface area contributed by atoms with E-state index in [0.717, 1.165) is 32.3 Å². The van der Waals surface area contributed by atoms with Gasteiger partial charge in [-0.05, 0) is 46.7 Å². The number of carbonyl (C=O) groups excluding carboxylic acids is 1. The molecule has 5 nitrogen and oxygen atoms in total. The molecule has 0 aliphatic heterocycles. The van der Waals surface area contributed by atoms with Crippen LogP contribution in [0, 0.1) is 0 Å². The Labute approximate surface area is 195 Å². The minimum atomic E-state index is -0.155. The zero-order chi connectivity index (χ0) is 22.6. The number of methoxy groups -OCH3 is 1. The van der Waals surface area contributed by atoms with Crippen molar-refractivity contribution >= 4 is 43.4 Å². The van der Waals surface area contributed by atoms with Gasteiger partial charge in [0.15, 0.2) is 11.7 Å². The summed E-state index contributed by atoms with van der Waals surface area (Å²) in [7, 11) is 1.64. The van der Waals surface area contributed by atoms with Gasteiger partial charge in [0.05, 0.1) is 23.9 Å². The topological polar surface area (TPSA) is 51.7 Å². The van der Waals surface area contributed by atoms with Crippen molar-refractivity contribution in [1.29, 1.82) is 0 Å². The molecule has 0 bridgehead atoms. The summed E-state index contributed by atoms with van der Waals surface area (Å²) in [6, 6.07) is 29.5. The molecule has 1 amide bonds. The third-order valence-electron chi connectivity index (χ3n) is 5.38. The van der Waals surface area contributed by atoms with Gasteiger partial charge in [-0.25, -0.2) is 4.98 Å². The average Bonchev–Trinajstić information content (AvgIpc) is 3.29. The minimum Gasteiger partial charge on any atom is -0.497 e. The maximum atomic E-state index is 13.3. The third kappa shape index (κ3) is 4.66. The van der Waals surface area contributed by atoms with Crippen molar-refractivity contribution in [1.82, 2.24) is 4.98 Å². The van der Waals surface area contributed by atoms with E-state index in [1.807, 2.05) is 91.0 Å². The largest absolute Gasteiger partial charge is 0.497 e. The van der Waals surface area contributed by atoms with Crippen LogP contribution in [0.3, 0.4) is 0 Å². The van der Waals surface area contributed by atoms with Crippen LogP contribution in [0.4, 0.5) is 5.13 Å². The molecule has 33 heavy (non-hydrogen) atoms. The van der Waals surface area contributed by atoms with Crippen molar-refractivity contribution in [3.8, 4) is 11.5 Å². The zero-order valence-corrected chi connectivity index (χ0v) is 18.9. The van der Waals surface area contributed by atoms with Gasteiger partial charge in [-0.1, -0.05) is 72.0 Å². The van der Waals surface area contributed by atoms with E-state index in [4.69, 9.17) is 14.5 Å². The van der Waals surface area contributed by atoms with Gasteiger partial charge in [0.25, 0.3) is 5.91 Å². The number of aromatic nitrogens is 1. The summed E-state index contributed by atoms with van der Waals surface area (Å²) >= 11 is 1.46. The molecule has 0 spiro atoms. The molecule has 5 rings (SSSR count). The smallest absolute Gasteiger partial charge is 0.267 e. The molecule has 164 valence electrons. The predicted octanol–water partition coefficient (Wildman–Crippen LogP) is 6.07. The molecule has 4 aromatic carbocycles. The molecule has 0 unspecified atom stereocenters. The number of rotatable bonds is 7. The van der Waals surface area contributed by atoms with Crippen LogP contribution in [0.2, 0.25) is 0 Å². The normalized spacial score (nSPS) is 10.9. The number of anilines is 1. The number of amides is 1. The van der Waals surface area contributed by atoms with E-state index in [9.17, 15) is 4.79 Å². The lowest BCUT2D eigenvalue weighted by atomic mass is 10.1. The molecule has 1 heterocycles. The molecule has 0 radical (unpaired) electrons. The summed E-state index contributed by atoms with van der Waals surface area (Å²) in [5, 5.41) is 2.84. The highest BCUT2D eigenvalue weighted by molar-refractivity contribution is 7.22. The van der Waals surface area contributed by atoms with Gasteiger partial charge in [-0.15, -0.1) is 0 Å². The Morgan fingerprint density at radius 2 is 1.64 bits per heavy atom. The molecule has 0 N–H and O–H groups in total. The van der Waals surface area contributed by atoms with Gasteiger partial charge in [-0.2, -0.15) is 0 Å². The number of carbonyl (C=O) groups is 1. The van der Waals surface area contributed by atoms with E-state index >= 15 is 0 Å². The van der Waals surface area contributed by atoms with Crippen molar-refractivity contribution in [3.63, 3.8) is 0 Å². The predicted molar refractivity (Wildman–Crippen MR) is 133 cm³/mol. The monoisotopic (exact) mass is 454 g/mol. The molecular formula is C27H22N2O3S. The highest BCUT2D eigenvalue weighted by Gasteiger charge is 2.21. The Hall–Kier alpha value is -3.90. The van der Waals surface area contributed by atoms with Crippen LogP contribution in [0.15, 0.2) is 91.0 Å². The number of ether oxygens (including phenoxy) is 2. The first-order valence-electron chi connectivity index (χ1n) is 10.6. The van der Waals surface area contributed by atoms with Crippen LogP contribution in [-0.2, 0) is 11.3 Å². The minimum absolute atomic E-state index is 0.0789. The van der Waals surface area contributed by atoms with Crippen LogP contribution in [-0.4, -0.2) is 24.6 Å². The average molecular weight is 455 g/mol. The number of thiazole rings is 1. The molecule has 1 aromatic heterocycles. The van der Waals surface area contributed by atoms with Gasteiger partial charge in [0.1, 0.15) is 11.5 Å². The lowest BCUT2D eigenvalue weighted by Crippen LogP contribution is -2.34. The van der Waals surface area contributed by atoms with Crippen molar-refractivity contribution in [2.75, 3.05) is 18.6 Å². The lowest BCUT2D eigenvalue weighted by Gasteiger charge is -2.20. The maximum absolute atomic E-state index is 13.3. The summed E-state index contributed by atoms with van der Waals surface area (Å²) in [6.07, 6.45) is 0. The number of hydrogen-bond acceptors (Lipinski definition) is 5.